The van der Waals surface area contributed by atoms with Crippen molar-refractivity contribution in [2.75, 3.05) is 12.3 Å². The first-order valence-corrected chi connectivity index (χ1v) is 7.58. The molecule has 0 aromatic heterocycles. The molecule has 0 saturated carbocycles. The van der Waals surface area contributed by atoms with Crippen LogP contribution in [0.4, 0.5) is 0 Å². The van der Waals surface area contributed by atoms with E-state index in [1.807, 2.05) is 11.8 Å². The summed E-state index contributed by atoms with van der Waals surface area (Å²) < 4.78 is 0. The average Bonchev–Trinajstić information content (AvgIpc) is 2.70. The van der Waals surface area contributed by atoms with E-state index in [-0.39, 0.29) is 5.54 Å². The van der Waals surface area contributed by atoms with Crippen LogP contribution in [-0.4, -0.2) is 17.8 Å². The van der Waals surface area contributed by atoms with E-state index >= 15 is 0 Å². The minimum absolute atomic E-state index is 0.275. The number of fused-ring (bicyclic) bond motifs is 1. The topological polar surface area (TPSA) is 12.0 Å². The van der Waals surface area contributed by atoms with E-state index in [0.717, 1.165) is 6.54 Å². The van der Waals surface area contributed by atoms with E-state index in [0.29, 0.717) is 5.92 Å². The quantitative estimate of drug-likeness (QED) is 0.845. The molecule has 1 unspecified atom stereocenters. The molecule has 1 aliphatic heterocycles. The molecule has 94 valence electrons. The third-order valence-corrected chi connectivity index (χ3v) is 4.75. The van der Waals surface area contributed by atoms with Crippen molar-refractivity contribution in [3.05, 3.63) is 29.8 Å². The number of benzene rings is 1. The molecule has 1 aliphatic rings. The Hall–Kier alpha value is -0.470. The lowest BCUT2D eigenvalue weighted by Gasteiger charge is -2.27. The van der Waals surface area contributed by atoms with Gasteiger partial charge in [0.25, 0.3) is 0 Å². The highest BCUT2D eigenvalue weighted by molar-refractivity contribution is 7.99. The zero-order valence-corrected chi connectivity index (χ0v) is 11.9. The molecule has 0 saturated heterocycles. The standard InChI is InChI=1S/C15H23NS/c1-4-9-15(2,3)16-10-12-11-17-14-8-6-5-7-13(12)14/h5-8,12,16H,4,9-11H2,1-3H3. The minimum Gasteiger partial charge on any atom is -0.311 e. The highest BCUT2D eigenvalue weighted by Crippen LogP contribution is 2.39. The van der Waals surface area contributed by atoms with E-state index in [4.69, 9.17) is 0 Å². The number of rotatable bonds is 5. The van der Waals surface area contributed by atoms with Crippen LogP contribution in [0.15, 0.2) is 29.2 Å². The minimum atomic E-state index is 0.275. The SMILES string of the molecule is CCCC(C)(C)NCC1CSc2ccccc21. The van der Waals surface area contributed by atoms with Gasteiger partial charge in [0.05, 0.1) is 0 Å². The molecule has 0 spiro atoms. The van der Waals surface area contributed by atoms with Crippen molar-refractivity contribution in [2.45, 2.75) is 50.0 Å². The molecule has 2 rings (SSSR count). The van der Waals surface area contributed by atoms with Gasteiger partial charge >= 0.3 is 0 Å². The summed E-state index contributed by atoms with van der Waals surface area (Å²) >= 11 is 2.00. The summed E-state index contributed by atoms with van der Waals surface area (Å²) in [5.41, 5.74) is 1.81. The number of thioether (sulfide) groups is 1. The second-order valence-electron chi connectivity index (χ2n) is 5.56. The van der Waals surface area contributed by atoms with E-state index < -0.39 is 0 Å². The second kappa shape index (κ2) is 5.45. The Kier molecular flexibility index (Phi) is 4.16. The molecule has 1 nitrogen and oxygen atoms in total. The fraction of sp³-hybridized carbons (Fsp3) is 0.600. The van der Waals surface area contributed by atoms with Crippen molar-refractivity contribution in [1.29, 1.82) is 0 Å². The van der Waals surface area contributed by atoms with Crippen LogP contribution >= 0.6 is 11.8 Å². The van der Waals surface area contributed by atoms with E-state index in [9.17, 15) is 0 Å². The molecule has 1 atom stereocenters. The van der Waals surface area contributed by atoms with Crippen LogP contribution < -0.4 is 5.32 Å². The molecular weight excluding hydrogens is 226 g/mol. The molecule has 2 heteroatoms. The summed E-state index contributed by atoms with van der Waals surface area (Å²) in [5.74, 6) is 1.92. The molecule has 1 heterocycles. The lowest BCUT2D eigenvalue weighted by Crippen LogP contribution is -2.41. The van der Waals surface area contributed by atoms with Crippen LogP contribution in [0.2, 0.25) is 0 Å². The van der Waals surface area contributed by atoms with Gasteiger partial charge in [-0.25, -0.2) is 0 Å². The monoisotopic (exact) mass is 249 g/mol. The first-order chi connectivity index (χ1) is 8.12. The third-order valence-electron chi connectivity index (χ3n) is 3.50. The predicted molar refractivity (Wildman–Crippen MR) is 76.9 cm³/mol. The molecular formula is C15H23NS. The summed E-state index contributed by atoms with van der Waals surface area (Å²) in [7, 11) is 0. The van der Waals surface area contributed by atoms with E-state index in [1.54, 1.807) is 0 Å². The Morgan fingerprint density at radius 1 is 1.35 bits per heavy atom. The smallest absolute Gasteiger partial charge is 0.0125 e. The normalized spacial score (nSPS) is 19.4. The molecule has 0 amide bonds. The highest BCUT2D eigenvalue weighted by atomic mass is 32.2. The summed E-state index contributed by atoms with van der Waals surface area (Å²) in [6.45, 7) is 7.98. The molecule has 1 N–H and O–H groups in total. The van der Waals surface area contributed by atoms with Crippen molar-refractivity contribution < 1.29 is 0 Å². The molecule has 17 heavy (non-hydrogen) atoms. The van der Waals surface area contributed by atoms with Gasteiger partial charge in [0, 0.05) is 28.6 Å². The van der Waals surface area contributed by atoms with Gasteiger partial charge in [-0.1, -0.05) is 31.5 Å². The summed E-state index contributed by atoms with van der Waals surface area (Å²) in [6.07, 6.45) is 2.49. The van der Waals surface area contributed by atoms with Gasteiger partial charge in [-0.15, -0.1) is 11.8 Å². The predicted octanol–water partition coefficient (Wildman–Crippen LogP) is 4.04. The van der Waals surface area contributed by atoms with Gasteiger partial charge in [0.1, 0.15) is 0 Å². The van der Waals surface area contributed by atoms with E-state index in [1.165, 1.54) is 29.1 Å². The van der Waals surface area contributed by atoms with Crippen LogP contribution in [-0.2, 0) is 0 Å². The Morgan fingerprint density at radius 3 is 2.88 bits per heavy atom. The zero-order chi connectivity index (χ0) is 12.3. The number of hydrogen-bond donors (Lipinski definition) is 1. The van der Waals surface area contributed by atoms with Crippen LogP contribution in [0.1, 0.15) is 45.1 Å². The summed E-state index contributed by atoms with van der Waals surface area (Å²) in [5, 5.41) is 3.73. The zero-order valence-electron chi connectivity index (χ0n) is 11.1. The van der Waals surface area contributed by atoms with Crippen molar-refractivity contribution in [3.8, 4) is 0 Å². The van der Waals surface area contributed by atoms with Crippen LogP contribution in [0, 0.1) is 0 Å². The van der Waals surface area contributed by atoms with Crippen LogP contribution in [0.25, 0.3) is 0 Å². The molecule has 0 radical (unpaired) electrons. The van der Waals surface area contributed by atoms with Gasteiger partial charge in [-0.3, -0.25) is 0 Å². The molecule has 1 aromatic carbocycles. The van der Waals surface area contributed by atoms with Crippen LogP contribution in [0.3, 0.4) is 0 Å². The average molecular weight is 249 g/mol. The van der Waals surface area contributed by atoms with Crippen LogP contribution in [0.5, 0.6) is 0 Å². The fourth-order valence-electron chi connectivity index (χ4n) is 2.51. The maximum atomic E-state index is 3.73. The molecule has 0 fully saturated rings. The van der Waals surface area contributed by atoms with Gasteiger partial charge < -0.3 is 5.32 Å². The maximum absolute atomic E-state index is 3.73. The lowest BCUT2D eigenvalue weighted by atomic mass is 9.96. The Labute approximate surface area is 109 Å². The fourth-order valence-corrected chi connectivity index (χ4v) is 3.77. The molecule has 0 bridgehead atoms. The number of hydrogen-bond acceptors (Lipinski definition) is 2. The van der Waals surface area contributed by atoms with Crippen molar-refractivity contribution in [1.82, 2.24) is 5.32 Å². The van der Waals surface area contributed by atoms with Gasteiger partial charge in [0.15, 0.2) is 0 Å². The first kappa shape index (κ1) is 13.0. The second-order valence-corrected chi connectivity index (χ2v) is 6.62. The van der Waals surface area contributed by atoms with Gasteiger partial charge in [0.2, 0.25) is 0 Å². The first-order valence-electron chi connectivity index (χ1n) is 6.59. The van der Waals surface area contributed by atoms with E-state index in [2.05, 4.69) is 50.4 Å². The lowest BCUT2D eigenvalue weighted by molar-refractivity contribution is 0.352. The largest absolute Gasteiger partial charge is 0.311 e. The Bertz CT molecular complexity index is 373. The summed E-state index contributed by atoms with van der Waals surface area (Å²) in [6, 6.07) is 8.84. The number of nitrogens with one attached hydrogen (secondary N) is 1. The maximum Gasteiger partial charge on any atom is 0.0125 e. The Balaban J connectivity index is 1.94. The molecule has 0 aliphatic carbocycles. The summed E-state index contributed by atoms with van der Waals surface area (Å²) in [4.78, 5) is 1.48. The van der Waals surface area contributed by atoms with Crippen molar-refractivity contribution >= 4 is 11.8 Å². The third kappa shape index (κ3) is 3.26. The van der Waals surface area contributed by atoms with Gasteiger partial charge in [-0.05, 0) is 31.9 Å². The van der Waals surface area contributed by atoms with Gasteiger partial charge in [-0.2, -0.15) is 0 Å². The molecule has 1 aromatic rings. The highest BCUT2D eigenvalue weighted by Gasteiger charge is 2.24. The van der Waals surface area contributed by atoms with Crippen molar-refractivity contribution in [2.24, 2.45) is 0 Å². The van der Waals surface area contributed by atoms with Crippen molar-refractivity contribution in [3.63, 3.8) is 0 Å². The Morgan fingerprint density at radius 2 is 2.12 bits per heavy atom.